The number of H-pyrrole nitrogens is 1. The van der Waals surface area contributed by atoms with Gasteiger partial charge in [-0.25, -0.2) is 4.98 Å². The van der Waals surface area contributed by atoms with Gasteiger partial charge in [0.05, 0.1) is 11.0 Å². The fourth-order valence-corrected chi connectivity index (χ4v) is 1.62. The van der Waals surface area contributed by atoms with Crippen molar-refractivity contribution in [3.8, 4) is 0 Å². The smallest absolute Gasteiger partial charge is 0.269 e. The number of aromatic nitrogens is 2. The third-order valence-electron chi connectivity index (χ3n) is 2.69. The van der Waals surface area contributed by atoms with E-state index in [1.54, 1.807) is 24.5 Å². The zero-order valence-electron chi connectivity index (χ0n) is 9.96. The van der Waals surface area contributed by atoms with Crippen molar-refractivity contribution in [2.75, 3.05) is 0 Å². The minimum atomic E-state index is -0.400. The largest absolute Gasteiger partial charge is 0.347 e. The number of nitro benzene ring substituents is 1. The van der Waals surface area contributed by atoms with E-state index in [1.165, 1.54) is 12.1 Å². The fraction of sp³-hybridized carbons (Fsp3) is 0.250. The monoisotopic (exact) mass is 246 g/mol. The van der Waals surface area contributed by atoms with Crippen molar-refractivity contribution in [3.63, 3.8) is 0 Å². The van der Waals surface area contributed by atoms with E-state index in [0.29, 0.717) is 6.54 Å². The molecule has 1 atom stereocenters. The maximum absolute atomic E-state index is 10.5. The lowest BCUT2D eigenvalue weighted by molar-refractivity contribution is -0.384. The molecule has 0 aliphatic heterocycles. The van der Waals surface area contributed by atoms with E-state index in [1.807, 2.05) is 6.92 Å². The summed E-state index contributed by atoms with van der Waals surface area (Å²) in [5.41, 5.74) is 1.11. The molecule has 6 heteroatoms. The molecule has 1 aromatic carbocycles. The minimum Gasteiger partial charge on any atom is -0.347 e. The second kappa shape index (κ2) is 5.42. The maximum Gasteiger partial charge on any atom is 0.269 e. The molecule has 1 aromatic heterocycles. The Morgan fingerprint density at radius 1 is 1.44 bits per heavy atom. The zero-order chi connectivity index (χ0) is 13.0. The summed E-state index contributed by atoms with van der Waals surface area (Å²) in [5, 5.41) is 13.8. The highest BCUT2D eigenvalue weighted by molar-refractivity contribution is 5.32. The summed E-state index contributed by atoms with van der Waals surface area (Å²) in [6.45, 7) is 2.64. The summed E-state index contributed by atoms with van der Waals surface area (Å²) in [6, 6.07) is 6.62. The third-order valence-corrected chi connectivity index (χ3v) is 2.69. The van der Waals surface area contributed by atoms with E-state index in [4.69, 9.17) is 0 Å². The van der Waals surface area contributed by atoms with E-state index >= 15 is 0 Å². The summed E-state index contributed by atoms with van der Waals surface area (Å²) < 4.78 is 0. The van der Waals surface area contributed by atoms with Gasteiger partial charge in [0.25, 0.3) is 5.69 Å². The van der Waals surface area contributed by atoms with Crippen LogP contribution in [0.4, 0.5) is 5.69 Å². The molecule has 94 valence electrons. The van der Waals surface area contributed by atoms with Crippen LogP contribution in [0.1, 0.15) is 24.4 Å². The van der Waals surface area contributed by atoms with Crippen LogP contribution in [0.3, 0.4) is 0 Å². The lowest BCUT2D eigenvalue weighted by Gasteiger charge is -2.11. The molecule has 0 bridgehead atoms. The fourth-order valence-electron chi connectivity index (χ4n) is 1.62. The van der Waals surface area contributed by atoms with E-state index in [9.17, 15) is 10.1 Å². The van der Waals surface area contributed by atoms with Crippen LogP contribution in [-0.4, -0.2) is 14.9 Å². The third kappa shape index (κ3) is 2.92. The summed E-state index contributed by atoms with van der Waals surface area (Å²) in [4.78, 5) is 17.3. The van der Waals surface area contributed by atoms with Gasteiger partial charge in [-0.1, -0.05) is 12.1 Å². The Morgan fingerprint density at radius 2 is 2.17 bits per heavy atom. The highest BCUT2D eigenvalue weighted by atomic mass is 16.6. The second-order valence-corrected chi connectivity index (χ2v) is 4.00. The van der Waals surface area contributed by atoms with Crippen LogP contribution in [0.2, 0.25) is 0 Å². The molecule has 6 nitrogen and oxygen atoms in total. The highest BCUT2D eigenvalue weighted by Crippen LogP contribution is 2.13. The van der Waals surface area contributed by atoms with E-state index < -0.39 is 4.92 Å². The van der Waals surface area contributed by atoms with Gasteiger partial charge in [-0.3, -0.25) is 10.1 Å². The average molecular weight is 246 g/mol. The van der Waals surface area contributed by atoms with Crippen LogP contribution >= 0.6 is 0 Å². The Labute approximate surface area is 104 Å². The summed E-state index contributed by atoms with van der Waals surface area (Å²) in [6.07, 6.45) is 3.48. The molecule has 0 spiro atoms. The van der Waals surface area contributed by atoms with Gasteiger partial charge >= 0.3 is 0 Å². The second-order valence-electron chi connectivity index (χ2n) is 4.00. The molecule has 0 saturated carbocycles. The maximum atomic E-state index is 10.5. The van der Waals surface area contributed by atoms with E-state index in [0.717, 1.165) is 11.4 Å². The van der Waals surface area contributed by atoms with Crippen LogP contribution in [0.25, 0.3) is 0 Å². The number of nitro groups is 1. The first kappa shape index (κ1) is 12.3. The van der Waals surface area contributed by atoms with Crippen LogP contribution in [-0.2, 0) is 6.54 Å². The lowest BCUT2D eigenvalue weighted by Crippen LogP contribution is -2.19. The standard InChI is InChI=1S/C12H14N4O2/c1-9(12-13-6-7-14-12)15-8-10-2-4-11(5-3-10)16(17)18/h2-7,9,15H,8H2,1H3,(H,13,14). The summed E-state index contributed by atoms with van der Waals surface area (Å²) in [5.74, 6) is 0.872. The Morgan fingerprint density at radius 3 is 2.72 bits per heavy atom. The number of imidazole rings is 1. The molecule has 0 aliphatic carbocycles. The molecular formula is C12H14N4O2. The summed E-state index contributed by atoms with van der Waals surface area (Å²) in [7, 11) is 0. The molecule has 0 aliphatic rings. The Balaban J connectivity index is 1.92. The van der Waals surface area contributed by atoms with Crippen LogP contribution in [0.5, 0.6) is 0 Å². The minimum absolute atomic E-state index is 0.107. The molecule has 0 amide bonds. The predicted octanol–water partition coefficient (Wildman–Crippen LogP) is 2.17. The van der Waals surface area contributed by atoms with Crippen molar-refractivity contribution in [1.82, 2.24) is 15.3 Å². The molecular weight excluding hydrogens is 232 g/mol. The predicted molar refractivity (Wildman–Crippen MR) is 66.9 cm³/mol. The number of nitrogens with one attached hydrogen (secondary N) is 2. The van der Waals surface area contributed by atoms with Gasteiger partial charge in [-0.2, -0.15) is 0 Å². The molecule has 2 aromatic rings. The molecule has 2 N–H and O–H groups in total. The van der Waals surface area contributed by atoms with Crippen molar-refractivity contribution in [3.05, 3.63) is 58.2 Å². The Bertz CT molecular complexity index is 507. The Hall–Kier alpha value is -2.21. The van der Waals surface area contributed by atoms with Crippen molar-refractivity contribution in [1.29, 1.82) is 0 Å². The van der Waals surface area contributed by atoms with E-state index in [-0.39, 0.29) is 11.7 Å². The number of aromatic amines is 1. The van der Waals surface area contributed by atoms with Crippen LogP contribution < -0.4 is 5.32 Å². The molecule has 18 heavy (non-hydrogen) atoms. The molecule has 0 saturated heterocycles. The first-order valence-corrected chi connectivity index (χ1v) is 5.63. The number of nitrogens with zero attached hydrogens (tertiary/aromatic N) is 2. The van der Waals surface area contributed by atoms with Gasteiger partial charge in [0.15, 0.2) is 0 Å². The van der Waals surface area contributed by atoms with Crippen molar-refractivity contribution in [2.45, 2.75) is 19.5 Å². The SMILES string of the molecule is CC(NCc1ccc([N+](=O)[O-])cc1)c1ncc[nH]1. The van der Waals surface area contributed by atoms with Crippen molar-refractivity contribution in [2.24, 2.45) is 0 Å². The van der Waals surface area contributed by atoms with Gasteiger partial charge < -0.3 is 10.3 Å². The first-order chi connectivity index (χ1) is 8.66. The van der Waals surface area contributed by atoms with Gasteiger partial charge in [-0.15, -0.1) is 0 Å². The number of hydrogen-bond donors (Lipinski definition) is 2. The molecule has 1 heterocycles. The topological polar surface area (TPSA) is 83.8 Å². The van der Waals surface area contributed by atoms with Crippen molar-refractivity contribution < 1.29 is 4.92 Å². The van der Waals surface area contributed by atoms with Crippen molar-refractivity contribution >= 4 is 5.69 Å². The van der Waals surface area contributed by atoms with Gasteiger partial charge in [-0.05, 0) is 12.5 Å². The van der Waals surface area contributed by atoms with Gasteiger partial charge in [0.1, 0.15) is 5.82 Å². The van der Waals surface area contributed by atoms with Crippen LogP contribution in [0.15, 0.2) is 36.7 Å². The van der Waals surface area contributed by atoms with Crippen LogP contribution in [0, 0.1) is 10.1 Å². The number of rotatable bonds is 5. The molecule has 2 rings (SSSR count). The average Bonchev–Trinajstić information content (AvgIpc) is 2.90. The quantitative estimate of drug-likeness (QED) is 0.625. The summed E-state index contributed by atoms with van der Waals surface area (Å²) >= 11 is 0. The first-order valence-electron chi connectivity index (χ1n) is 5.63. The molecule has 1 unspecified atom stereocenters. The number of non-ortho nitro benzene ring substituents is 1. The normalized spacial score (nSPS) is 12.3. The van der Waals surface area contributed by atoms with Gasteiger partial charge in [0, 0.05) is 31.1 Å². The number of hydrogen-bond acceptors (Lipinski definition) is 4. The molecule has 0 fully saturated rings. The van der Waals surface area contributed by atoms with Gasteiger partial charge in [0.2, 0.25) is 0 Å². The van der Waals surface area contributed by atoms with E-state index in [2.05, 4.69) is 15.3 Å². The highest BCUT2D eigenvalue weighted by Gasteiger charge is 2.07. The molecule has 0 radical (unpaired) electrons. The zero-order valence-corrected chi connectivity index (χ0v) is 9.96. The Kier molecular flexibility index (Phi) is 3.69. The number of benzene rings is 1. The lowest BCUT2D eigenvalue weighted by atomic mass is 10.2.